The van der Waals surface area contributed by atoms with E-state index in [1.165, 1.54) is 31.2 Å². The molecule has 0 aromatic heterocycles. The van der Waals surface area contributed by atoms with Gasteiger partial charge < -0.3 is 5.11 Å². The van der Waals surface area contributed by atoms with Crippen LogP contribution < -0.4 is 0 Å². The Morgan fingerprint density at radius 2 is 1.64 bits per heavy atom. The number of aromatic hydroxyl groups is 1. The lowest BCUT2D eigenvalue weighted by Crippen LogP contribution is -2.09. The average Bonchev–Trinajstić information content (AvgIpc) is 2.40. The van der Waals surface area contributed by atoms with Crippen LogP contribution >= 0.6 is 22.6 Å². The third-order valence-corrected chi connectivity index (χ3v) is 5.18. The molecule has 1 aromatic rings. The standard InChI is InChI=1S/C20H33IO/c1-6-19(2,3)13-7-9-16-11-12-18(22)17(15-16)10-8-14-20(4,5)21/h11-12,15,22H,6-10,13-14H2,1-5H3. The van der Waals surface area contributed by atoms with Gasteiger partial charge >= 0.3 is 0 Å². The van der Waals surface area contributed by atoms with Crippen LogP contribution in [0.15, 0.2) is 18.2 Å². The van der Waals surface area contributed by atoms with Crippen molar-refractivity contribution in [1.29, 1.82) is 0 Å². The van der Waals surface area contributed by atoms with Gasteiger partial charge in [-0.25, -0.2) is 0 Å². The molecule has 0 unspecified atom stereocenters. The van der Waals surface area contributed by atoms with Crippen LogP contribution in [0.1, 0.15) is 77.8 Å². The summed E-state index contributed by atoms with van der Waals surface area (Å²) in [5, 5.41) is 10.1. The Morgan fingerprint density at radius 3 is 2.23 bits per heavy atom. The molecule has 22 heavy (non-hydrogen) atoms. The number of hydrogen-bond donors (Lipinski definition) is 1. The first-order chi connectivity index (χ1) is 10.1. The quantitative estimate of drug-likeness (QED) is 0.351. The summed E-state index contributed by atoms with van der Waals surface area (Å²) in [6.45, 7) is 11.5. The topological polar surface area (TPSA) is 20.2 Å². The van der Waals surface area contributed by atoms with Gasteiger partial charge in [-0.1, -0.05) is 75.8 Å². The first-order valence-electron chi connectivity index (χ1n) is 8.63. The lowest BCUT2D eigenvalue weighted by Gasteiger charge is -2.22. The van der Waals surface area contributed by atoms with Crippen molar-refractivity contribution in [2.75, 3.05) is 0 Å². The van der Waals surface area contributed by atoms with Gasteiger partial charge in [0.15, 0.2) is 0 Å². The smallest absolute Gasteiger partial charge is 0.118 e. The zero-order chi connectivity index (χ0) is 16.8. The van der Waals surface area contributed by atoms with Crippen molar-refractivity contribution >= 4 is 22.6 Å². The third kappa shape index (κ3) is 7.85. The average molecular weight is 416 g/mol. The number of rotatable bonds is 9. The molecule has 1 nitrogen and oxygen atoms in total. The van der Waals surface area contributed by atoms with E-state index in [4.69, 9.17) is 0 Å². The molecule has 0 aliphatic carbocycles. The summed E-state index contributed by atoms with van der Waals surface area (Å²) in [4.78, 5) is 0. The minimum absolute atomic E-state index is 0.344. The molecule has 0 saturated heterocycles. The zero-order valence-electron chi connectivity index (χ0n) is 15.0. The van der Waals surface area contributed by atoms with Crippen molar-refractivity contribution in [3.05, 3.63) is 29.3 Å². The Balaban J connectivity index is 2.54. The lowest BCUT2D eigenvalue weighted by molar-refractivity contribution is 0.313. The summed E-state index contributed by atoms with van der Waals surface area (Å²) < 4.78 is 0.344. The van der Waals surface area contributed by atoms with E-state index < -0.39 is 0 Å². The van der Waals surface area contributed by atoms with Crippen LogP contribution in [0.2, 0.25) is 0 Å². The number of halogens is 1. The van der Waals surface area contributed by atoms with Gasteiger partial charge in [-0.3, -0.25) is 0 Å². The van der Waals surface area contributed by atoms with E-state index in [0.717, 1.165) is 24.8 Å². The van der Waals surface area contributed by atoms with Gasteiger partial charge in [0.1, 0.15) is 5.75 Å². The Bertz CT molecular complexity index is 457. The predicted molar refractivity (Wildman–Crippen MR) is 106 cm³/mol. The maximum Gasteiger partial charge on any atom is 0.118 e. The number of benzene rings is 1. The summed E-state index contributed by atoms with van der Waals surface area (Å²) in [6, 6.07) is 6.18. The highest BCUT2D eigenvalue weighted by Gasteiger charge is 2.15. The van der Waals surface area contributed by atoms with E-state index in [1.54, 1.807) is 0 Å². The van der Waals surface area contributed by atoms with E-state index in [1.807, 2.05) is 6.07 Å². The monoisotopic (exact) mass is 416 g/mol. The molecule has 1 aromatic carbocycles. The summed E-state index contributed by atoms with van der Waals surface area (Å²) in [6.07, 6.45) is 8.15. The van der Waals surface area contributed by atoms with Crippen LogP contribution in [0.4, 0.5) is 0 Å². The van der Waals surface area contributed by atoms with Crippen molar-refractivity contribution in [3.63, 3.8) is 0 Å². The molecule has 1 N–H and O–H groups in total. The second-order valence-corrected chi connectivity index (χ2v) is 10.8. The molecule has 0 atom stereocenters. The third-order valence-electron chi connectivity index (χ3n) is 4.64. The Hall–Kier alpha value is -0.250. The summed E-state index contributed by atoms with van der Waals surface area (Å²) in [5.41, 5.74) is 2.94. The minimum Gasteiger partial charge on any atom is -0.508 e. The number of phenolic OH excluding ortho intramolecular Hbond substituents is 1. The first-order valence-corrected chi connectivity index (χ1v) is 9.70. The Morgan fingerprint density at radius 1 is 1.00 bits per heavy atom. The largest absolute Gasteiger partial charge is 0.508 e. The van der Waals surface area contributed by atoms with Gasteiger partial charge in [0, 0.05) is 3.42 Å². The van der Waals surface area contributed by atoms with E-state index in [-0.39, 0.29) is 0 Å². The van der Waals surface area contributed by atoms with E-state index in [9.17, 15) is 5.11 Å². The van der Waals surface area contributed by atoms with Crippen molar-refractivity contribution in [2.24, 2.45) is 5.41 Å². The molecule has 0 saturated carbocycles. The van der Waals surface area contributed by atoms with Gasteiger partial charge in [0.25, 0.3) is 0 Å². The molecule has 0 radical (unpaired) electrons. The van der Waals surface area contributed by atoms with Gasteiger partial charge in [-0.15, -0.1) is 0 Å². The minimum atomic E-state index is 0.344. The second kappa shape index (κ2) is 8.56. The number of phenols is 1. The van der Waals surface area contributed by atoms with Gasteiger partial charge in [0.2, 0.25) is 0 Å². The highest BCUT2D eigenvalue weighted by atomic mass is 127. The molecular formula is C20H33IO. The van der Waals surface area contributed by atoms with Crippen molar-refractivity contribution in [3.8, 4) is 5.75 Å². The molecule has 2 heteroatoms. The van der Waals surface area contributed by atoms with Crippen LogP contribution in [0.5, 0.6) is 5.75 Å². The summed E-state index contributed by atoms with van der Waals surface area (Å²) >= 11 is 2.50. The molecule has 0 spiro atoms. The fraction of sp³-hybridized carbons (Fsp3) is 0.700. The molecular weight excluding hydrogens is 383 g/mol. The normalized spacial score (nSPS) is 12.6. The summed E-state index contributed by atoms with van der Waals surface area (Å²) in [5.74, 6) is 0.462. The summed E-state index contributed by atoms with van der Waals surface area (Å²) in [7, 11) is 0. The molecule has 0 bridgehead atoms. The number of hydrogen-bond acceptors (Lipinski definition) is 1. The number of aryl methyl sites for hydroxylation is 2. The fourth-order valence-electron chi connectivity index (χ4n) is 2.64. The highest BCUT2D eigenvalue weighted by molar-refractivity contribution is 14.1. The molecule has 0 aliphatic heterocycles. The predicted octanol–water partition coefficient (Wildman–Crippen LogP) is 6.69. The van der Waals surface area contributed by atoms with E-state index in [0.29, 0.717) is 14.6 Å². The van der Waals surface area contributed by atoms with Crippen LogP contribution in [0, 0.1) is 5.41 Å². The molecule has 0 fully saturated rings. The van der Waals surface area contributed by atoms with Crippen LogP contribution in [-0.4, -0.2) is 8.53 Å². The molecule has 126 valence electrons. The fourth-order valence-corrected chi connectivity index (χ4v) is 3.02. The second-order valence-electron chi connectivity index (χ2n) is 7.91. The molecule has 0 heterocycles. The SMILES string of the molecule is CCC(C)(C)CCCc1ccc(O)c(CCCC(C)(C)I)c1. The van der Waals surface area contributed by atoms with Crippen LogP contribution in [-0.2, 0) is 12.8 Å². The van der Waals surface area contributed by atoms with Crippen molar-refractivity contribution < 1.29 is 5.11 Å². The molecule has 1 rings (SSSR count). The van der Waals surface area contributed by atoms with Crippen molar-refractivity contribution in [1.82, 2.24) is 0 Å². The van der Waals surface area contributed by atoms with Crippen LogP contribution in [0.3, 0.4) is 0 Å². The van der Waals surface area contributed by atoms with E-state index >= 15 is 0 Å². The van der Waals surface area contributed by atoms with Crippen molar-refractivity contribution in [2.45, 2.75) is 83.0 Å². The maximum atomic E-state index is 10.1. The molecule has 0 amide bonds. The highest BCUT2D eigenvalue weighted by Crippen LogP contribution is 2.29. The zero-order valence-corrected chi connectivity index (χ0v) is 17.2. The van der Waals surface area contributed by atoms with Gasteiger partial charge in [-0.2, -0.15) is 0 Å². The maximum absolute atomic E-state index is 10.1. The Labute approximate surface area is 151 Å². The first kappa shape index (κ1) is 19.8. The number of alkyl halides is 1. The van der Waals surface area contributed by atoms with Gasteiger partial charge in [0.05, 0.1) is 0 Å². The Kier molecular flexibility index (Phi) is 7.70. The van der Waals surface area contributed by atoms with Crippen LogP contribution in [0.25, 0.3) is 0 Å². The van der Waals surface area contributed by atoms with E-state index in [2.05, 4.69) is 69.3 Å². The van der Waals surface area contributed by atoms with Gasteiger partial charge in [-0.05, 0) is 61.1 Å². The molecule has 0 aliphatic rings. The lowest BCUT2D eigenvalue weighted by atomic mass is 9.84.